The number of hydrogen-bond acceptors (Lipinski definition) is 7. The number of oxime groups is 1. The van der Waals surface area contributed by atoms with Crippen molar-refractivity contribution in [2.45, 2.75) is 38.1 Å². The summed E-state index contributed by atoms with van der Waals surface area (Å²) in [5.74, 6) is -1.50. The Morgan fingerprint density at radius 2 is 2.07 bits per heavy atom. The van der Waals surface area contributed by atoms with Gasteiger partial charge in [-0.25, -0.2) is 4.79 Å². The number of phenolic OH excluding ortho intramolecular Hbond substituents is 2. The number of fused-ring (bicyclic) bond motifs is 2. The average Bonchev–Trinajstić information content (AvgIpc) is 3.32. The van der Waals surface area contributed by atoms with Crippen LogP contribution in [0.4, 0.5) is 0 Å². The van der Waals surface area contributed by atoms with Crippen LogP contribution in [0.25, 0.3) is 0 Å². The Morgan fingerprint density at radius 3 is 2.81 bits per heavy atom. The second-order valence-corrected chi connectivity index (χ2v) is 6.74. The van der Waals surface area contributed by atoms with Crippen LogP contribution in [0.5, 0.6) is 11.5 Å². The maximum Gasteiger partial charge on any atom is 0.342 e. The van der Waals surface area contributed by atoms with E-state index in [1.54, 1.807) is 19.1 Å². The van der Waals surface area contributed by atoms with Crippen molar-refractivity contribution in [1.29, 1.82) is 0 Å². The van der Waals surface area contributed by atoms with Gasteiger partial charge in [0, 0.05) is 18.9 Å². The first-order valence-corrected chi connectivity index (χ1v) is 8.83. The molecule has 0 radical (unpaired) electrons. The highest BCUT2D eigenvalue weighted by atomic mass is 35.5. The summed E-state index contributed by atoms with van der Waals surface area (Å²) in [6.45, 7) is 1.75. The van der Waals surface area contributed by atoms with Crippen molar-refractivity contribution in [2.24, 2.45) is 5.16 Å². The molecule has 27 heavy (non-hydrogen) atoms. The van der Waals surface area contributed by atoms with Gasteiger partial charge in [-0.05, 0) is 18.6 Å². The van der Waals surface area contributed by atoms with Gasteiger partial charge in [-0.2, -0.15) is 0 Å². The molecule has 1 aromatic carbocycles. The lowest BCUT2D eigenvalue weighted by Gasteiger charge is -2.17. The molecule has 3 atom stereocenters. The number of aromatic hydroxyl groups is 2. The van der Waals surface area contributed by atoms with E-state index in [-0.39, 0.29) is 40.5 Å². The van der Waals surface area contributed by atoms with E-state index in [2.05, 4.69) is 5.16 Å². The lowest BCUT2D eigenvalue weighted by Crippen LogP contribution is -2.19. The summed E-state index contributed by atoms with van der Waals surface area (Å²) in [7, 11) is 1.39. The molecule has 0 saturated carbocycles. The molecule has 3 unspecified atom stereocenters. The highest BCUT2D eigenvalue weighted by Crippen LogP contribution is 2.38. The zero-order valence-corrected chi connectivity index (χ0v) is 15.6. The van der Waals surface area contributed by atoms with E-state index in [0.717, 1.165) is 6.07 Å². The Kier molecular flexibility index (Phi) is 5.72. The summed E-state index contributed by atoms with van der Waals surface area (Å²) in [4.78, 5) is 17.5. The van der Waals surface area contributed by atoms with Gasteiger partial charge in [-0.1, -0.05) is 35.0 Å². The molecule has 1 saturated heterocycles. The Hall–Kier alpha value is -2.51. The molecule has 2 heterocycles. The molecule has 0 aliphatic carbocycles. The fourth-order valence-electron chi connectivity index (χ4n) is 2.97. The van der Waals surface area contributed by atoms with Crippen LogP contribution < -0.4 is 0 Å². The number of rotatable bonds is 1. The summed E-state index contributed by atoms with van der Waals surface area (Å²) in [5.41, 5.74) is 0.526. The Balaban J connectivity index is 2.06. The molecule has 2 N–H and O–H groups in total. The van der Waals surface area contributed by atoms with E-state index in [0.29, 0.717) is 12.1 Å². The molecule has 1 aromatic rings. The molecular weight excluding hydrogens is 374 g/mol. The van der Waals surface area contributed by atoms with Crippen LogP contribution >= 0.6 is 11.6 Å². The summed E-state index contributed by atoms with van der Waals surface area (Å²) in [5, 5.41) is 24.1. The fourth-order valence-corrected chi connectivity index (χ4v) is 3.19. The van der Waals surface area contributed by atoms with Crippen LogP contribution in [0.15, 0.2) is 35.5 Å². The van der Waals surface area contributed by atoms with Crippen LogP contribution in [-0.4, -0.2) is 47.3 Å². The first-order chi connectivity index (χ1) is 12.9. The molecule has 8 heteroatoms. The molecular formula is C19H20ClNO6. The van der Waals surface area contributed by atoms with Gasteiger partial charge >= 0.3 is 5.97 Å². The zero-order valence-electron chi connectivity index (χ0n) is 14.9. The Labute approximate surface area is 161 Å². The number of benzene rings is 1. The number of nitrogens with zero attached hydrogens (tertiary/aromatic N) is 1. The predicted octanol–water partition coefficient (Wildman–Crippen LogP) is 3.12. The molecule has 3 rings (SSSR count). The smallest absolute Gasteiger partial charge is 0.342 e. The minimum Gasteiger partial charge on any atom is -0.507 e. The van der Waals surface area contributed by atoms with Gasteiger partial charge in [0.25, 0.3) is 0 Å². The third-order valence-electron chi connectivity index (χ3n) is 4.29. The van der Waals surface area contributed by atoms with Gasteiger partial charge in [0.1, 0.15) is 36.4 Å². The van der Waals surface area contributed by atoms with Crippen LogP contribution in [0.3, 0.4) is 0 Å². The third kappa shape index (κ3) is 4.43. The molecule has 0 bridgehead atoms. The lowest BCUT2D eigenvalue weighted by atomic mass is 9.99. The number of esters is 1. The van der Waals surface area contributed by atoms with Gasteiger partial charge in [-0.3, -0.25) is 0 Å². The van der Waals surface area contributed by atoms with Crippen LogP contribution in [0.2, 0.25) is 5.02 Å². The number of phenols is 2. The van der Waals surface area contributed by atoms with Gasteiger partial charge in [0.15, 0.2) is 0 Å². The lowest BCUT2D eigenvalue weighted by molar-refractivity contribution is 0.0306. The third-order valence-corrected chi connectivity index (χ3v) is 4.71. The molecule has 1 fully saturated rings. The average molecular weight is 394 g/mol. The number of allylic oxidation sites excluding steroid dienone is 3. The van der Waals surface area contributed by atoms with E-state index in [9.17, 15) is 15.0 Å². The van der Waals surface area contributed by atoms with Crippen molar-refractivity contribution in [3.05, 3.63) is 46.5 Å². The number of carbonyl (C=O) groups is 1. The maximum absolute atomic E-state index is 12.7. The summed E-state index contributed by atoms with van der Waals surface area (Å²) < 4.78 is 11.0. The number of epoxide rings is 1. The van der Waals surface area contributed by atoms with E-state index in [4.69, 9.17) is 25.9 Å². The molecule has 144 valence electrons. The minimum atomic E-state index is -0.734. The number of ether oxygens (including phenoxy) is 2. The highest BCUT2D eigenvalue weighted by molar-refractivity contribution is 6.33. The SMILES string of the molecule is CON=C1C=C/C=C\C2OC2CC(C)OC(=O)c2c(O)cc(O)c(Cl)c2C1. The first kappa shape index (κ1) is 19.3. The van der Waals surface area contributed by atoms with E-state index < -0.39 is 17.8 Å². The van der Waals surface area contributed by atoms with E-state index in [1.165, 1.54) is 7.11 Å². The molecule has 0 aromatic heterocycles. The van der Waals surface area contributed by atoms with Crippen molar-refractivity contribution >= 4 is 23.3 Å². The largest absolute Gasteiger partial charge is 0.507 e. The van der Waals surface area contributed by atoms with Gasteiger partial charge < -0.3 is 24.5 Å². The highest BCUT2D eigenvalue weighted by Gasteiger charge is 2.38. The second kappa shape index (κ2) is 8.02. The topological polar surface area (TPSA) is 101 Å². The quantitative estimate of drug-likeness (QED) is 0.432. The Bertz CT molecular complexity index is 832. The van der Waals surface area contributed by atoms with Crippen LogP contribution in [0, 0.1) is 0 Å². The van der Waals surface area contributed by atoms with Crippen molar-refractivity contribution in [3.8, 4) is 11.5 Å². The van der Waals surface area contributed by atoms with Crippen molar-refractivity contribution < 1.29 is 29.3 Å². The zero-order chi connectivity index (χ0) is 19.6. The second-order valence-electron chi connectivity index (χ2n) is 6.36. The van der Waals surface area contributed by atoms with Crippen LogP contribution in [0.1, 0.15) is 29.3 Å². The summed E-state index contributed by atoms with van der Waals surface area (Å²) >= 11 is 6.21. The molecule has 0 amide bonds. The fraction of sp³-hybridized carbons (Fsp3) is 0.368. The van der Waals surface area contributed by atoms with Crippen molar-refractivity contribution in [2.75, 3.05) is 7.11 Å². The summed E-state index contributed by atoms with van der Waals surface area (Å²) in [6, 6.07) is 1.02. The van der Waals surface area contributed by atoms with Crippen molar-refractivity contribution in [3.63, 3.8) is 0 Å². The standard InChI is InChI=1S/C19H20ClNO6/c1-10-7-16-15(27-16)6-4-3-5-11(21-25-2)8-12-17(19(24)26-10)13(22)9-14(23)18(12)20/h3-6,9-10,15-16,22-23H,7-8H2,1-2H3/b5-3?,6-4-,21-11?. The van der Waals surface area contributed by atoms with Crippen LogP contribution in [-0.2, 0) is 20.7 Å². The number of cyclic esters (lactones) is 1. The van der Waals surface area contributed by atoms with E-state index >= 15 is 0 Å². The monoisotopic (exact) mass is 393 g/mol. The molecule has 0 spiro atoms. The number of halogens is 1. The number of carbonyl (C=O) groups excluding carboxylic acids is 1. The molecule has 2 aliphatic heterocycles. The van der Waals surface area contributed by atoms with Gasteiger partial charge in [0.2, 0.25) is 0 Å². The number of hydrogen-bond donors (Lipinski definition) is 2. The predicted molar refractivity (Wildman–Crippen MR) is 99.4 cm³/mol. The van der Waals surface area contributed by atoms with Gasteiger partial charge in [-0.15, -0.1) is 0 Å². The van der Waals surface area contributed by atoms with Gasteiger partial charge in [0.05, 0.1) is 16.8 Å². The first-order valence-electron chi connectivity index (χ1n) is 8.45. The normalized spacial score (nSPS) is 27.9. The van der Waals surface area contributed by atoms with E-state index in [1.807, 2.05) is 12.2 Å². The molecule has 7 nitrogen and oxygen atoms in total. The molecule has 2 aliphatic rings. The maximum atomic E-state index is 12.7. The summed E-state index contributed by atoms with van der Waals surface area (Å²) in [6.07, 6.45) is 7.29. The minimum absolute atomic E-state index is 0.0198. The van der Waals surface area contributed by atoms with Crippen molar-refractivity contribution in [1.82, 2.24) is 0 Å². The Morgan fingerprint density at radius 1 is 1.30 bits per heavy atom.